The summed E-state index contributed by atoms with van der Waals surface area (Å²) >= 11 is 4.10. The molecule has 0 unspecified atom stereocenters. The summed E-state index contributed by atoms with van der Waals surface area (Å²) in [5.41, 5.74) is 10.6. The summed E-state index contributed by atoms with van der Waals surface area (Å²) in [6.07, 6.45) is 4.45. The Morgan fingerprint density at radius 3 is 2.19 bits per heavy atom. The largest absolute Gasteiger partial charge is 0.370 e. The highest BCUT2D eigenvalue weighted by Crippen LogP contribution is 2.26. The minimum atomic E-state index is -1.38. The zero-order valence-electron chi connectivity index (χ0n) is 20.7. The van der Waals surface area contributed by atoms with E-state index in [0.29, 0.717) is 6.54 Å². The van der Waals surface area contributed by atoms with E-state index in [4.69, 9.17) is 11.5 Å². The third-order valence-corrected chi connectivity index (χ3v) is 6.93. The third-order valence-electron chi connectivity index (χ3n) is 6.70. The number of nitrogens with zero attached hydrogens (tertiary/aromatic N) is 2. The minimum absolute atomic E-state index is 0.0245. The van der Waals surface area contributed by atoms with Crippen molar-refractivity contribution in [3.63, 3.8) is 0 Å². The summed E-state index contributed by atoms with van der Waals surface area (Å²) in [5, 5.41) is 4.91. The Balaban J connectivity index is 2.21. The van der Waals surface area contributed by atoms with Gasteiger partial charge in [-0.15, -0.1) is 0 Å². The Bertz CT molecular complexity index is 849. The summed E-state index contributed by atoms with van der Waals surface area (Å²) in [6, 6.07) is -3.42. The molecule has 0 aromatic rings. The number of piperazine rings is 1. The van der Waals surface area contributed by atoms with Crippen LogP contribution in [0.5, 0.6) is 0 Å². The molecule has 0 aromatic carbocycles. The van der Waals surface area contributed by atoms with Crippen molar-refractivity contribution >= 4 is 48.1 Å². The SMILES string of the molecule is CC[C@H](NC(=O)[C@H](CC(N)=O)NC(=O)[C@@H]1CN(C(=O)C2CCCCC2)CCN1C(=O)CCS)C(N)=O. The third kappa shape index (κ3) is 8.10. The fourth-order valence-corrected chi connectivity index (χ4v) is 4.87. The van der Waals surface area contributed by atoms with E-state index < -0.39 is 48.2 Å². The molecule has 0 bridgehead atoms. The van der Waals surface area contributed by atoms with Gasteiger partial charge in [0, 0.05) is 25.4 Å². The van der Waals surface area contributed by atoms with Crippen LogP contribution in [0, 0.1) is 5.92 Å². The van der Waals surface area contributed by atoms with Crippen LogP contribution in [-0.2, 0) is 28.8 Å². The second-order valence-corrected chi connectivity index (χ2v) is 9.75. The van der Waals surface area contributed by atoms with E-state index in [9.17, 15) is 28.8 Å². The highest BCUT2D eigenvalue weighted by Gasteiger charge is 2.40. The van der Waals surface area contributed by atoms with E-state index in [-0.39, 0.29) is 49.4 Å². The average molecular weight is 527 g/mol. The smallest absolute Gasteiger partial charge is 0.245 e. The molecule has 13 heteroatoms. The molecule has 1 saturated carbocycles. The molecular weight excluding hydrogens is 488 g/mol. The second kappa shape index (κ2) is 14.0. The van der Waals surface area contributed by atoms with E-state index in [0.717, 1.165) is 32.1 Å². The van der Waals surface area contributed by atoms with E-state index in [1.54, 1.807) is 11.8 Å². The molecule has 6 amide bonds. The summed E-state index contributed by atoms with van der Waals surface area (Å²) in [5.74, 6) is -3.25. The maximum Gasteiger partial charge on any atom is 0.245 e. The highest BCUT2D eigenvalue weighted by molar-refractivity contribution is 7.80. The van der Waals surface area contributed by atoms with Crippen molar-refractivity contribution in [1.82, 2.24) is 20.4 Å². The number of hydrogen-bond donors (Lipinski definition) is 5. The molecule has 1 heterocycles. The van der Waals surface area contributed by atoms with E-state index in [1.165, 1.54) is 4.90 Å². The average Bonchev–Trinajstić information content (AvgIpc) is 2.86. The van der Waals surface area contributed by atoms with E-state index in [2.05, 4.69) is 23.3 Å². The van der Waals surface area contributed by atoms with Crippen molar-refractivity contribution in [3.8, 4) is 0 Å². The molecule has 1 aliphatic heterocycles. The summed E-state index contributed by atoms with van der Waals surface area (Å²) in [7, 11) is 0. The van der Waals surface area contributed by atoms with Gasteiger partial charge in [-0.1, -0.05) is 26.2 Å². The number of nitrogens with two attached hydrogens (primary N) is 2. The first kappa shape index (κ1) is 29.4. The van der Waals surface area contributed by atoms with Crippen LogP contribution in [0.15, 0.2) is 0 Å². The lowest BCUT2D eigenvalue weighted by molar-refractivity contribution is -0.150. The fourth-order valence-electron chi connectivity index (χ4n) is 4.68. The van der Waals surface area contributed by atoms with Crippen LogP contribution in [-0.4, -0.2) is 88.8 Å². The first-order valence-electron chi connectivity index (χ1n) is 12.5. The number of amides is 6. The summed E-state index contributed by atoms with van der Waals surface area (Å²) < 4.78 is 0. The quantitative estimate of drug-likeness (QED) is 0.208. The molecule has 3 atom stereocenters. The first-order chi connectivity index (χ1) is 17.1. The van der Waals surface area contributed by atoms with Gasteiger partial charge < -0.3 is 31.9 Å². The number of carbonyl (C=O) groups is 6. The topological polar surface area (TPSA) is 185 Å². The molecule has 36 heavy (non-hydrogen) atoms. The lowest BCUT2D eigenvalue weighted by Crippen LogP contribution is -2.64. The number of nitrogens with one attached hydrogen (secondary N) is 2. The van der Waals surface area contributed by atoms with Crippen molar-refractivity contribution in [3.05, 3.63) is 0 Å². The van der Waals surface area contributed by atoms with Gasteiger partial charge in [0.25, 0.3) is 0 Å². The van der Waals surface area contributed by atoms with Gasteiger partial charge >= 0.3 is 0 Å². The normalized spacial score (nSPS) is 20.2. The number of thiol groups is 1. The van der Waals surface area contributed by atoms with Crippen molar-refractivity contribution in [2.75, 3.05) is 25.4 Å². The van der Waals surface area contributed by atoms with Crippen LogP contribution in [0.4, 0.5) is 0 Å². The lowest BCUT2D eigenvalue weighted by Gasteiger charge is -2.42. The molecule has 0 aromatic heterocycles. The Hall–Kier alpha value is -2.83. The number of carbonyl (C=O) groups excluding carboxylic acids is 6. The van der Waals surface area contributed by atoms with Crippen LogP contribution >= 0.6 is 12.6 Å². The van der Waals surface area contributed by atoms with Gasteiger partial charge in [0.05, 0.1) is 13.0 Å². The van der Waals surface area contributed by atoms with Gasteiger partial charge in [0.2, 0.25) is 35.4 Å². The summed E-state index contributed by atoms with van der Waals surface area (Å²) in [4.78, 5) is 78.1. The maximum atomic E-state index is 13.4. The predicted molar refractivity (Wildman–Crippen MR) is 134 cm³/mol. The van der Waals surface area contributed by atoms with Crippen LogP contribution in [0.3, 0.4) is 0 Å². The Morgan fingerprint density at radius 2 is 1.64 bits per heavy atom. The van der Waals surface area contributed by atoms with Crippen molar-refractivity contribution in [2.45, 2.75) is 76.4 Å². The number of hydrogen-bond acceptors (Lipinski definition) is 7. The minimum Gasteiger partial charge on any atom is -0.370 e. The van der Waals surface area contributed by atoms with Gasteiger partial charge in [0.15, 0.2) is 0 Å². The Morgan fingerprint density at radius 1 is 0.972 bits per heavy atom. The van der Waals surface area contributed by atoms with Crippen molar-refractivity contribution < 1.29 is 28.8 Å². The maximum absolute atomic E-state index is 13.4. The van der Waals surface area contributed by atoms with Crippen LogP contribution in [0.25, 0.3) is 0 Å². The number of primary amides is 2. The summed E-state index contributed by atoms with van der Waals surface area (Å²) in [6.45, 7) is 2.08. The first-order valence-corrected chi connectivity index (χ1v) is 13.1. The van der Waals surface area contributed by atoms with Crippen molar-refractivity contribution in [2.24, 2.45) is 17.4 Å². The zero-order chi connectivity index (χ0) is 26.8. The van der Waals surface area contributed by atoms with Gasteiger partial charge in [-0.25, -0.2) is 0 Å². The van der Waals surface area contributed by atoms with E-state index >= 15 is 0 Å². The molecular formula is C23H38N6O6S. The fraction of sp³-hybridized carbons (Fsp3) is 0.739. The Labute approximate surface area is 216 Å². The van der Waals surface area contributed by atoms with Gasteiger partial charge in [-0.2, -0.15) is 12.6 Å². The molecule has 2 rings (SSSR count). The van der Waals surface area contributed by atoms with E-state index in [1.807, 2.05) is 0 Å². The van der Waals surface area contributed by atoms with Gasteiger partial charge in [-0.05, 0) is 25.0 Å². The standard InChI is InChI=1S/C23H38N6O6S/c1-2-15(20(25)32)26-21(33)16(12-18(24)30)27-22(34)17-13-28(9-10-29(17)19(31)8-11-36)23(35)14-6-4-3-5-7-14/h14-17,36H,2-13H2,1H3,(H2,24,30)(H2,25,32)(H,26,33)(H,27,34)/t15-,16-,17-/m0/s1. The molecule has 1 aliphatic carbocycles. The molecule has 6 N–H and O–H groups in total. The Kier molecular flexibility index (Phi) is 11.5. The van der Waals surface area contributed by atoms with Gasteiger partial charge in [0.1, 0.15) is 18.1 Å². The number of rotatable bonds is 11. The van der Waals surface area contributed by atoms with Crippen molar-refractivity contribution in [1.29, 1.82) is 0 Å². The van der Waals surface area contributed by atoms with Crippen LogP contribution in [0.1, 0.15) is 58.3 Å². The predicted octanol–water partition coefficient (Wildman–Crippen LogP) is -1.33. The molecule has 0 spiro atoms. The molecule has 1 saturated heterocycles. The lowest BCUT2D eigenvalue weighted by atomic mass is 9.88. The van der Waals surface area contributed by atoms with Crippen LogP contribution in [0.2, 0.25) is 0 Å². The molecule has 0 radical (unpaired) electrons. The zero-order valence-corrected chi connectivity index (χ0v) is 21.6. The van der Waals surface area contributed by atoms with Gasteiger partial charge in [-0.3, -0.25) is 28.8 Å². The highest BCUT2D eigenvalue weighted by atomic mass is 32.1. The second-order valence-electron chi connectivity index (χ2n) is 9.30. The van der Waals surface area contributed by atoms with Crippen LogP contribution < -0.4 is 22.1 Å². The molecule has 202 valence electrons. The monoisotopic (exact) mass is 526 g/mol. The molecule has 12 nitrogen and oxygen atoms in total. The molecule has 2 aliphatic rings. The molecule has 2 fully saturated rings.